The van der Waals surface area contributed by atoms with Crippen LogP contribution in [0.15, 0.2) is 0 Å². The summed E-state index contributed by atoms with van der Waals surface area (Å²) in [5.74, 6) is -1.54. The van der Waals surface area contributed by atoms with Crippen molar-refractivity contribution in [3.05, 3.63) is 0 Å². The smallest absolute Gasteiger partial charge is 0.334 e. The third kappa shape index (κ3) is 3.04. The van der Waals surface area contributed by atoms with E-state index >= 15 is 0 Å². The van der Waals surface area contributed by atoms with Gasteiger partial charge in [-0.25, -0.2) is 4.79 Å². The van der Waals surface area contributed by atoms with Gasteiger partial charge in [0.2, 0.25) is 11.8 Å². The Kier molecular flexibility index (Phi) is 4.04. The van der Waals surface area contributed by atoms with Crippen LogP contribution in [0.1, 0.15) is 12.8 Å². The molecule has 7 heteroatoms. The molecule has 0 radical (unpaired) electrons. The lowest BCUT2D eigenvalue weighted by molar-refractivity contribution is -0.162. The summed E-state index contributed by atoms with van der Waals surface area (Å²) in [7, 11) is 1.72. The first-order valence-corrected chi connectivity index (χ1v) is 6.36. The highest BCUT2D eigenvalue weighted by Crippen LogP contribution is 2.21. The largest absolute Gasteiger partial charge is 0.479 e. The third-order valence-corrected chi connectivity index (χ3v) is 3.66. The molecule has 0 aliphatic carbocycles. The molecule has 2 fully saturated rings. The lowest BCUT2D eigenvalue weighted by Crippen LogP contribution is -2.52. The van der Waals surface area contributed by atoms with Crippen molar-refractivity contribution in [2.45, 2.75) is 18.9 Å². The van der Waals surface area contributed by atoms with Gasteiger partial charge in [0.1, 0.15) is 0 Å². The summed E-state index contributed by atoms with van der Waals surface area (Å²) in [4.78, 5) is 37.9. The molecule has 0 spiro atoms. The van der Waals surface area contributed by atoms with Crippen molar-refractivity contribution in [3.8, 4) is 0 Å². The zero-order chi connectivity index (χ0) is 14.0. The molecule has 2 aliphatic heterocycles. The van der Waals surface area contributed by atoms with Crippen molar-refractivity contribution < 1.29 is 24.2 Å². The van der Waals surface area contributed by atoms with Gasteiger partial charge in [0.25, 0.3) is 0 Å². The van der Waals surface area contributed by atoms with Crippen LogP contribution < -0.4 is 0 Å². The van der Waals surface area contributed by atoms with Gasteiger partial charge in [-0.05, 0) is 6.42 Å². The molecular formula is C12H18N2O5. The van der Waals surface area contributed by atoms with Crippen molar-refractivity contribution in [1.82, 2.24) is 9.80 Å². The molecule has 7 nitrogen and oxygen atoms in total. The number of ether oxygens (including phenoxy) is 1. The number of rotatable bonds is 2. The minimum atomic E-state index is -1.06. The average molecular weight is 270 g/mol. The summed E-state index contributed by atoms with van der Waals surface area (Å²) >= 11 is 0. The molecule has 0 saturated carbocycles. The first kappa shape index (κ1) is 13.8. The molecule has 106 valence electrons. The summed E-state index contributed by atoms with van der Waals surface area (Å²) in [5.41, 5.74) is 0. The predicted molar refractivity (Wildman–Crippen MR) is 64.3 cm³/mol. The summed E-state index contributed by atoms with van der Waals surface area (Å²) in [6, 6.07) is 0. The Morgan fingerprint density at radius 1 is 1.37 bits per heavy atom. The van der Waals surface area contributed by atoms with E-state index in [1.807, 2.05) is 0 Å². The lowest BCUT2D eigenvalue weighted by Gasteiger charge is -2.35. The number of carboxylic acids is 1. The van der Waals surface area contributed by atoms with E-state index in [2.05, 4.69) is 0 Å². The Morgan fingerprint density at radius 3 is 2.74 bits per heavy atom. The molecule has 2 unspecified atom stereocenters. The third-order valence-electron chi connectivity index (χ3n) is 3.66. The summed E-state index contributed by atoms with van der Waals surface area (Å²) in [6.07, 6.45) is -0.111. The van der Waals surface area contributed by atoms with Crippen molar-refractivity contribution >= 4 is 17.8 Å². The van der Waals surface area contributed by atoms with E-state index in [-0.39, 0.29) is 37.3 Å². The number of carboxylic acid groups (broad SMARTS) is 1. The summed E-state index contributed by atoms with van der Waals surface area (Å²) in [6.45, 7) is 1.25. The van der Waals surface area contributed by atoms with Gasteiger partial charge in [-0.15, -0.1) is 0 Å². The van der Waals surface area contributed by atoms with Crippen LogP contribution in [0.4, 0.5) is 0 Å². The normalized spacial score (nSPS) is 28.4. The highest BCUT2D eigenvalue weighted by atomic mass is 16.5. The minimum Gasteiger partial charge on any atom is -0.479 e. The number of morpholine rings is 1. The van der Waals surface area contributed by atoms with Gasteiger partial charge in [-0.2, -0.15) is 0 Å². The van der Waals surface area contributed by atoms with Gasteiger partial charge >= 0.3 is 5.97 Å². The number of piperidine rings is 1. The Bertz CT molecular complexity index is 398. The molecular weight excluding hydrogens is 252 g/mol. The highest BCUT2D eigenvalue weighted by molar-refractivity contribution is 5.87. The lowest BCUT2D eigenvalue weighted by atomic mass is 9.94. The van der Waals surface area contributed by atoms with Crippen LogP contribution in [-0.4, -0.2) is 72.1 Å². The maximum absolute atomic E-state index is 12.3. The van der Waals surface area contributed by atoms with E-state index in [4.69, 9.17) is 9.84 Å². The van der Waals surface area contributed by atoms with Crippen LogP contribution in [0.2, 0.25) is 0 Å². The quantitative estimate of drug-likeness (QED) is 0.707. The van der Waals surface area contributed by atoms with E-state index in [0.717, 1.165) is 0 Å². The zero-order valence-electron chi connectivity index (χ0n) is 10.9. The molecule has 2 rings (SSSR count). The second-order valence-corrected chi connectivity index (χ2v) is 4.99. The molecule has 1 N–H and O–H groups in total. The highest BCUT2D eigenvalue weighted by Gasteiger charge is 2.35. The number of nitrogens with zero attached hydrogens (tertiary/aromatic N) is 2. The maximum atomic E-state index is 12.3. The molecule has 0 bridgehead atoms. The predicted octanol–water partition coefficient (Wildman–Crippen LogP) is -0.833. The van der Waals surface area contributed by atoms with E-state index in [0.29, 0.717) is 19.5 Å². The van der Waals surface area contributed by atoms with Crippen LogP contribution in [-0.2, 0) is 19.1 Å². The average Bonchev–Trinajstić information content (AvgIpc) is 2.41. The molecule has 2 atom stereocenters. The Morgan fingerprint density at radius 2 is 2.11 bits per heavy atom. The van der Waals surface area contributed by atoms with Gasteiger partial charge < -0.3 is 19.6 Å². The topological polar surface area (TPSA) is 87.2 Å². The van der Waals surface area contributed by atoms with Gasteiger partial charge in [-0.1, -0.05) is 0 Å². The van der Waals surface area contributed by atoms with Gasteiger partial charge in [-0.3, -0.25) is 9.59 Å². The molecule has 0 aromatic carbocycles. The number of likely N-dealkylation sites (tertiary alicyclic amines) is 1. The SMILES string of the molecule is CN1CCC(C(=O)N2CCOC(C(=O)O)C2)CC1=O. The van der Waals surface area contributed by atoms with Crippen molar-refractivity contribution in [3.63, 3.8) is 0 Å². The second kappa shape index (κ2) is 5.56. The number of hydrogen-bond acceptors (Lipinski definition) is 4. The standard InChI is InChI=1S/C12H18N2O5/c1-13-3-2-8(6-10(13)15)11(16)14-4-5-19-9(7-14)12(17)18/h8-9H,2-7H2,1H3,(H,17,18). The number of hydrogen-bond donors (Lipinski definition) is 1. The molecule has 2 amide bonds. The maximum Gasteiger partial charge on any atom is 0.334 e. The molecule has 0 aromatic rings. The van der Waals surface area contributed by atoms with Gasteiger partial charge in [0, 0.05) is 32.5 Å². The van der Waals surface area contributed by atoms with E-state index in [1.165, 1.54) is 4.90 Å². The summed E-state index contributed by atoms with van der Waals surface area (Å²) in [5, 5.41) is 8.90. The van der Waals surface area contributed by atoms with Crippen molar-refractivity contribution in [2.24, 2.45) is 5.92 Å². The fraction of sp³-hybridized carbons (Fsp3) is 0.750. The first-order valence-electron chi connectivity index (χ1n) is 6.36. The summed E-state index contributed by atoms with van der Waals surface area (Å²) < 4.78 is 5.08. The monoisotopic (exact) mass is 270 g/mol. The number of amides is 2. The molecule has 19 heavy (non-hydrogen) atoms. The molecule has 2 heterocycles. The van der Waals surface area contributed by atoms with Crippen LogP contribution in [0.25, 0.3) is 0 Å². The van der Waals surface area contributed by atoms with Crippen LogP contribution in [0.3, 0.4) is 0 Å². The van der Waals surface area contributed by atoms with Crippen molar-refractivity contribution in [2.75, 3.05) is 33.3 Å². The molecule has 0 aromatic heterocycles. The minimum absolute atomic E-state index is 0.0346. The second-order valence-electron chi connectivity index (χ2n) is 4.99. The molecule has 2 saturated heterocycles. The van der Waals surface area contributed by atoms with E-state index < -0.39 is 12.1 Å². The van der Waals surface area contributed by atoms with E-state index in [1.54, 1.807) is 11.9 Å². The Labute approximate surface area is 111 Å². The fourth-order valence-electron chi connectivity index (χ4n) is 2.41. The fourth-order valence-corrected chi connectivity index (χ4v) is 2.41. The number of aliphatic carboxylic acids is 1. The van der Waals surface area contributed by atoms with Crippen LogP contribution in [0.5, 0.6) is 0 Å². The van der Waals surface area contributed by atoms with Crippen molar-refractivity contribution in [1.29, 1.82) is 0 Å². The Balaban J connectivity index is 1.96. The molecule has 2 aliphatic rings. The van der Waals surface area contributed by atoms with E-state index in [9.17, 15) is 14.4 Å². The Hall–Kier alpha value is -1.63. The van der Waals surface area contributed by atoms with Gasteiger partial charge in [0.15, 0.2) is 6.10 Å². The number of carbonyl (C=O) groups excluding carboxylic acids is 2. The zero-order valence-corrected chi connectivity index (χ0v) is 10.9. The first-order chi connectivity index (χ1) is 8.99. The number of carbonyl (C=O) groups is 3. The van der Waals surface area contributed by atoms with Crippen LogP contribution in [0, 0.1) is 5.92 Å². The van der Waals surface area contributed by atoms with Crippen LogP contribution >= 0.6 is 0 Å². The van der Waals surface area contributed by atoms with Gasteiger partial charge in [0.05, 0.1) is 13.2 Å².